The molecule has 0 saturated heterocycles. The summed E-state index contributed by atoms with van der Waals surface area (Å²) in [4.78, 5) is 8.82. The molecule has 1 aromatic carbocycles. The van der Waals surface area contributed by atoms with Crippen molar-refractivity contribution in [1.29, 1.82) is 0 Å². The van der Waals surface area contributed by atoms with E-state index in [4.69, 9.17) is 0 Å². The standard InChI is InChI=1S/C16H21N3/c1-12(2)9-13(3)19-15-10-17-16(18-11-15)14-7-5-4-6-8-14/h4-8,10-13,19H,9H2,1-3H3. The smallest absolute Gasteiger partial charge is 0.159 e. The maximum Gasteiger partial charge on any atom is 0.159 e. The SMILES string of the molecule is CC(C)CC(C)Nc1cnc(-c2ccccc2)nc1. The Morgan fingerprint density at radius 1 is 1.00 bits per heavy atom. The van der Waals surface area contributed by atoms with E-state index in [2.05, 4.69) is 36.1 Å². The van der Waals surface area contributed by atoms with Crippen molar-refractivity contribution < 1.29 is 0 Å². The van der Waals surface area contributed by atoms with Gasteiger partial charge in [-0.25, -0.2) is 9.97 Å². The van der Waals surface area contributed by atoms with E-state index in [-0.39, 0.29) is 0 Å². The molecule has 100 valence electrons. The largest absolute Gasteiger partial charge is 0.380 e. The van der Waals surface area contributed by atoms with Gasteiger partial charge in [0.05, 0.1) is 18.1 Å². The summed E-state index contributed by atoms with van der Waals surface area (Å²) >= 11 is 0. The van der Waals surface area contributed by atoms with Gasteiger partial charge in [0.25, 0.3) is 0 Å². The van der Waals surface area contributed by atoms with Crippen LogP contribution in [0, 0.1) is 5.92 Å². The number of benzene rings is 1. The normalized spacial score (nSPS) is 12.4. The minimum Gasteiger partial charge on any atom is -0.380 e. The zero-order valence-corrected chi connectivity index (χ0v) is 11.8. The van der Waals surface area contributed by atoms with Crippen molar-refractivity contribution >= 4 is 5.69 Å². The highest BCUT2D eigenvalue weighted by molar-refractivity contribution is 5.55. The van der Waals surface area contributed by atoms with Gasteiger partial charge in [-0.15, -0.1) is 0 Å². The fourth-order valence-electron chi connectivity index (χ4n) is 2.19. The minimum atomic E-state index is 0.436. The van der Waals surface area contributed by atoms with E-state index in [1.54, 1.807) is 0 Å². The monoisotopic (exact) mass is 255 g/mol. The second kappa shape index (κ2) is 6.32. The van der Waals surface area contributed by atoms with Crippen molar-refractivity contribution in [2.75, 3.05) is 5.32 Å². The average molecular weight is 255 g/mol. The van der Waals surface area contributed by atoms with E-state index in [1.165, 1.54) is 0 Å². The zero-order valence-electron chi connectivity index (χ0n) is 11.8. The number of hydrogen-bond donors (Lipinski definition) is 1. The van der Waals surface area contributed by atoms with Crippen LogP contribution in [0.2, 0.25) is 0 Å². The van der Waals surface area contributed by atoms with Gasteiger partial charge in [0, 0.05) is 11.6 Å². The first-order chi connectivity index (χ1) is 9.15. The third kappa shape index (κ3) is 4.05. The summed E-state index contributed by atoms with van der Waals surface area (Å²) in [6, 6.07) is 10.5. The zero-order chi connectivity index (χ0) is 13.7. The number of anilines is 1. The van der Waals surface area contributed by atoms with Crippen molar-refractivity contribution in [3.8, 4) is 11.4 Å². The van der Waals surface area contributed by atoms with E-state index < -0.39 is 0 Å². The van der Waals surface area contributed by atoms with Gasteiger partial charge in [-0.3, -0.25) is 0 Å². The molecule has 0 spiro atoms. The molecule has 19 heavy (non-hydrogen) atoms. The second-order valence-electron chi connectivity index (χ2n) is 5.34. The van der Waals surface area contributed by atoms with Crippen molar-refractivity contribution in [3.63, 3.8) is 0 Å². The molecule has 1 N–H and O–H groups in total. The van der Waals surface area contributed by atoms with Crippen LogP contribution in [0.4, 0.5) is 5.69 Å². The van der Waals surface area contributed by atoms with Crippen LogP contribution in [-0.4, -0.2) is 16.0 Å². The van der Waals surface area contributed by atoms with Crippen LogP contribution in [0.5, 0.6) is 0 Å². The van der Waals surface area contributed by atoms with Gasteiger partial charge in [0.15, 0.2) is 5.82 Å². The molecule has 3 heteroatoms. The summed E-state index contributed by atoms with van der Waals surface area (Å²) in [5, 5.41) is 3.43. The van der Waals surface area contributed by atoms with Crippen LogP contribution in [0.3, 0.4) is 0 Å². The maximum atomic E-state index is 4.41. The summed E-state index contributed by atoms with van der Waals surface area (Å²) < 4.78 is 0. The molecule has 3 nitrogen and oxygen atoms in total. The molecule has 1 aromatic heterocycles. The molecule has 2 aromatic rings. The Labute approximate surface area is 115 Å². The fourth-order valence-corrected chi connectivity index (χ4v) is 2.19. The number of hydrogen-bond acceptors (Lipinski definition) is 3. The minimum absolute atomic E-state index is 0.436. The first-order valence-corrected chi connectivity index (χ1v) is 6.79. The van der Waals surface area contributed by atoms with Gasteiger partial charge in [-0.1, -0.05) is 44.2 Å². The van der Waals surface area contributed by atoms with Crippen molar-refractivity contribution in [1.82, 2.24) is 9.97 Å². The number of aromatic nitrogens is 2. The number of rotatable bonds is 5. The van der Waals surface area contributed by atoms with Gasteiger partial charge >= 0.3 is 0 Å². The summed E-state index contributed by atoms with van der Waals surface area (Å²) in [7, 11) is 0. The summed E-state index contributed by atoms with van der Waals surface area (Å²) in [5.74, 6) is 1.45. The van der Waals surface area contributed by atoms with E-state index in [0.29, 0.717) is 12.0 Å². The third-order valence-corrected chi connectivity index (χ3v) is 2.92. The lowest BCUT2D eigenvalue weighted by atomic mass is 10.1. The number of nitrogens with zero attached hydrogens (tertiary/aromatic N) is 2. The average Bonchev–Trinajstić information content (AvgIpc) is 2.39. The molecule has 2 rings (SSSR count). The molecule has 0 bridgehead atoms. The quantitative estimate of drug-likeness (QED) is 0.877. The molecular weight excluding hydrogens is 234 g/mol. The lowest BCUT2D eigenvalue weighted by molar-refractivity contribution is 0.539. The van der Waals surface area contributed by atoms with Gasteiger partial charge < -0.3 is 5.32 Å². The summed E-state index contributed by atoms with van der Waals surface area (Å²) in [6.45, 7) is 6.64. The predicted molar refractivity (Wildman–Crippen MR) is 80.0 cm³/mol. The lowest BCUT2D eigenvalue weighted by Crippen LogP contribution is -2.17. The van der Waals surface area contributed by atoms with E-state index in [9.17, 15) is 0 Å². The Bertz CT molecular complexity index is 491. The molecule has 1 unspecified atom stereocenters. The Balaban J connectivity index is 2.03. The number of nitrogens with one attached hydrogen (secondary N) is 1. The van der Waals surface area contributed by atoms with Crippen LogP contribution >= 0.6 is 0 Å². The molecule has 0 fully saturated rings. The topological polar surface area (TPSA) is 37.8 Å². The van der Waals surface area contributed by atoms with Crippen LogP contribution in [0.15, 0.2) is 42.7 Å². The van der Waals surface area contributed by atoms with Crippen LogP contribution in [0.25, 0.3) is 11.4 Å². The first-order valence-electron chi connectivity index (χ1n) is 6.79. The molecule has 1 atom stereocenters. The van der Waals surface area contributed by atoms with Gasteiger partial charge in [0.1, 0.15) is 0 Å². The maximum absolute atomic E-state index is 4.41. The Hall–Kier alpha value is -1.90. The van der Waals surface area contributed by atoms with E-state index >= 15 is 0 Å². The molecule has 0 saturated carbocycles. The highest BCUT2D eigenvalue weighted by Crippen LogP contribution is 2.16. The Kier molecular flexibility index (Phi) is 4.50. The van der Waals surface area contributed by atoms with Crippen molar-refractivity contribution in [2.24, 2.45) is 5.92 Å². The highest BCUT2D eigenvalue weighted by Gasteiger charge is 2.06. The van der Waals surface area contributed by atoms with Crippen molar-refractivity contribution in [3.05, 3.63) is 42.7 Å². The third-order valence-electron chi connectivity index (χ3n) is 2.92. The lowest BCUT2D eigenvalue weighted by Gasteiger charge is -2.16. The first kappa shape index (κ1) is 13.5. The molecule has 0 amide bonds. The molecule has 0 aliphatic carbocycles. The van der Waals surface area contributed by atoms with Gasteiger partial charge in [-0.2, -0.15) is 0 Å². The van der Waals surface area contributed by atoms with Crippen LogP contribution in [0.1, 0.15) is 27.2 Å². The van der Waals surface area contributed by atoms with Crippen LogP contribution in [-0.2, 0) is 0 Å². The molecule has 0 radical (unpaired) electrons. The summed E-state index contributed by atoms with van der Waals surface area (Å²) in [6.07, 6.45) is 4.85. The van der Waals surface area contributed by atoms with Crippen molar-refractivity contribution in [2.45, 2.75) is 33.2 Å². The Morgan fingerprint density at radius 2 is 1.63 bits per heavy atom. The van der Waals surface area contributed by atoms with E-state index in [0.717, 1.165) is 23.5 Å². The predicted octanol–water partition coefficient (Wildman–Crippen LogP) is 3.99. The molecule has 1 heterocycles. The summed E-state index contributed by atoms with van der Waals surface area (Å²) in [5.41, 5.74) is 2.03. The fraction of sp³-hybridized carbons (Fsp3) is 0.375. The van der Waals surface area contributed by atoms with E-state index in [1.807, 2.05) is 42.7 Å². The molecular formula is C16H21N3. The van der Waals surface area contributed by atoms with Gasteiger partial charge in [-0.05, 0) is 19.3 Å². The van der Waals surface area contributed by atoms with Crippen LogP contribution < -0.4 is 5.32 Å². The Morgan fingerprint density at radius 3 is 2.21 bits per heavy atom. The molecule has 0 aliphatic rings. The molecule has 0 aliphatic heterocycles. The van der Waals surface area contributed by atoms with Gasteiger partial charge in [0.2, 0.25) is 0 Å². The second-order valence-corrected chi connectivity index (χ2v) is 5.34. The highest BCUT2D eigenvalue weighted by atomic mass is 15.0.